The Morgan fingerprint density at radius 2 is 2.00 bits per heavy atom. The smallest absolute Gasteiger partial charge is 0.338 e. The normalized spacial score (nSPS) is 24.7. The molecule has 0 bridgehead atoms. The zero-order chi connectivity index (χ0) is 14.4. The standard InChI is InChI=1S/C13H15F2NO3/c1-13(2)8(5-9(13)17)16-7-4-3-6(12(18)19)10(14)11(7)15/h3-4,8-9,16-17H,5H2,1-2H3,(H,18,19). The average molecular weight is 271 g/mol. The molecule has 1 aliphatic carbocycles. The molecule has 0 heterocycles. The van der Waals surface area contributed by atoms with E-state index in [1.165, 1.54) is 6.07 Å². The maximum absolute atomic E-state index is 13.7. The summed E-state index contributed by atoms with van der Waals surface area (Å²) >= 11 is 0. The van der Waals surface area contributed by atoms with Crippen molar-refractivity contribution in [2.75, 3.05) is 5.32 Å². The molecule has 2 unspecified atom stereocenters. The molecule has 4 nitrogen and oxygen atoms in total. The number of carboxylic acids is 1. The third-order valence-corrected chi connectivity index (χ3v) is 3.86. The van der Waals surface area contributed by atoms with E-state index in [0.29, 0.717) is 6.42 Å². The SMILES string of the molecule is CC1(C)C(O)CC1Nc1ccc(C(=O)O)c(F)c1F. The molecule has 19 heavy (non-hydrogen) atoms. The van der Waals surface area contributed by atoms with Crippen LogP contribution in [0.25, 0.3) is 0 Å². The number of hydrogen-bond acceptors (Lipinski definition) is 3. The van der Waals surface area contributed by atoms with Gasteiger partial charge in [0.25, 0.3) is 0 Å². The number of carbonyl (C=O) groups is 1. The molecule has 0 aliphatic heterocycles. The second-order valence-electron chi connectivity index (χ2n) is 5.36. The zero-order valence-electron chi connectivity index (χ0n) is 10.6. The van der Waals surface area contributed by atoms with Crippen LogP contribution in [0.2, 0.25) is 0 Å². The lowest BCUT2D eigenvalue weighted by atomic mass is 9.64. The Labute approximate surface area is 109 Å². The summed E-state index contributed by atoms with van der Waals surface area (Å²) in [6.45, 7) is 3.64. The van der Waals surface area contributed by atoms with Crippen molar-refractivity contribution in [1.82, 2.24) is 0 Å². The van der Waals surface area contributed by atoms with Crippen molar-refractivity contribution < 1.29 is 23.8 Å². The second kappa shape index (κ2) is 4.45. The molecule has 104 valence electrons. The molecule has 1 aromatic rings. The molecule has 3 N–H and O–H groups in total. The van der Waals surface area contributed by atoms with Crippen molar-refractivity contribution in [3.8, 4) is 0 Å². The van der Waals surface area contributed by atoms with Crippen LogP contribution in [0, 0.1) is 17.0 Å². The van der Waals surface area contributed by atoms with Gasteiger partial charge >= 0.3 is 5.97 Å². The van der Waals surface area contributed by atoms with Crippen LogP contribution in [0.4, 0.5) is 14.5 Å². The number of carboxylic acid groups (broad SMARTS) is 1. The predicted molar refractivity (Wildman–Crippen MR) is 65.1 cm³/mol. The highest BCUT2D eigenvalue weighted by atomic mass is 19.2. The number of rotatable bonds is 3. The third kappa shape index (κ3) is 2.16. The molecular formula is C13H15F2NO3. The fourth-order valence-corrected chi connectivity index (χ4v) is 2.16. The van der Waals surface area contributed by atoms with E-state index in [2.05, 4.69) is 5.32 Å². The minimum atomic E-state index is -1.51. The lowest BCUT2D eigenvalue weighted by molar-refractivity contribution is -0.0511. The van der Waals surface area contributed by atoms with E-state index in [1.54, 1.807) is 0 Å². The maximum atomic E-state index is 13.7. The molecule has 0 saturated heterocycles. The predicted octanol–water partition coefficient (Wildman–Crippen LogP) is 2.23. The highest BCUT2D eigenvalue weighted by molar-refractivity contribution is 5.88. The van der Waals surface area contributed by atoms with Crippen LogP contribution in [0.1, 0.15) is 30.6 Å². The van der Waals surface area contributed by atoms with Gasteiger partial charge in [-0.2, -0.15) is 0 Å². The van der Waals surface area contributed by atoms with Gasteiger partial charge in [0.05, 0.1) is 17.4 Å². The summed E-state index contributed by atoms with van der Waals surface area (Å²) in [6, 6.07) is 2.03. The third-order valence-electron chi connectivity index (χ3n) is 3.86. The Kier molecular flexibility index (Phi) is 3.22. The first-order valence-electron chi connectivity index (χ1n) is 5.91. The van der Waals surface area contributed by atoms with Crippen molar-refractivity contribution in [2.45, 2.75) is 32.4 Å². The van der Waals surface area contributed by atoms with Crippen molar-refractivity contribution in [3.05, 3.63) is 29.3 Å². The van der Waals surface area contributed by atoms with E-state index in [1.807, 2.05) is 13.8 Å². The van der Waals surface area contributed by atoms with Gasteiger partial charge in [-0.15, -0.1) is 0 Å². The number of aliphatic hydroxyl groups is 1. The van der Waals surface area contributed by atoms with Gasteiger partial charge < -0.3 is 15.5 Å². The van der Waals surface area contributed by atoms with Crippen LogP contribution >= 0.6 is 0 Å². The Morgan fingerprint density at radius 3 is 2.47 bits per heavy atom. The van der Waals surface area contributed by atoms with Gasteiger partial charge in [-0.25, -0.2) is 13.6 Å². The van der Waals surface area contributed by atoms with Gasteiger partial charge in [0, 0.05) is 11.5 Å². The average Bonchev–Trinajstić information content (AvgIpc) is 2.33. The van der Waals surface area contributed by atoms with E-state index in [9.17, 15) is 18.7 Å². The summed E-state index contributed by atoms with van der Waals surface area (Å²) in [6.07, 6.45) is -0.0504. The fraction of sp³-hybridized carbons (Fsp3) is 0.462. The molecule has 0 aromatic heterocycles. The van der Waals surface area contributed by atoms with E-state index < -0.39 is 34.7 Å². The summed E-state index contributed by atoms with van der Waals surface area (Å²) in [5, 5.41) is 21.1. The highest BCUT2D eigenvalue weighted by Gasteiger charge is 2.47. The highest BCUT2D eigenvalue weighted by Crippen LogP contribution is 2.42. The maximum Gasteiger partial charge on any atom is 0.338 e. The Morgan fingerprint density at radius 1 is 1.37 bits per heavy atom. The molecule has 6 heteroatoms. The van der Waals surface area contributed by atoms with E-state index in [4.69, 9.17) is 5.11 Å². The number of halogens is 2. The molecule has 1 aliphatic rings. The number of anilines is 1. The van der Waals surface area contributed by atoms with Crippen molar-refractivity contribution >= 4 is 11.7 Å². The van der Waals surface area contributed by atoms with Gasteiger partial charge in [-0.3, -0.25) is 0 Å². The lowest BCUT2D eigenvalue weighted by Gasteiger charge is -2.49. The molecule has 1 saturated carbocycles. The number of nitrogens with one attached hydrogen (secondary N) is 1. The molecule has 2 rings (SSSR count). The quantitative estimate of drug-likeness (QED) is 0.788. The van der Waals surface area contributed by atoms with Gasteiger partial charge in [-0.05, 0) is 18.6 Å². The van der Waals surface area contributed by atoms with E-state index >= 15 is 0 Å². The Balaban J connectivity index is 2.24. The van der Waals surface area contributed by atoms with Gasteiger partial charge in [-0.1, -0.05) is 13.8 Å². The summed E-state index contributed by atoms with van der Waals surface area (Å²) in [7, 11) is 0. The molecule has 0 radical (unpaired) electrons. The van der Waals surface area contributed by atoms with Crippen molar-refractivity contribution in [1.29, 1.82) is 0 Å². The minimum absolute atomic E-state index is 0.0903. The van der Waals surface area contributed by atoms with Crippen LogP contribution in [-0.4, -0.2) is 28.3 Å². The summed E-state index contributed by atoms with van der Waals surface area (Å²) in [5.41, 5.74) is -1.22. The van der Waals surface area contributed by atoms with Gasteiger partial charge in [0.2, 0.25) is 0 Å². The van der Waals surface area contributed by atoms with Crippen molar-refractivity contribution in [3.63, 3.8) is 0 Å². The largest absolute Gasteiger partial charge is 0.478 e. The Hall–Kier alpha value is -1.69. The van der Waals surface area contributed by atoms with Crippen LogP contribution in [-0.2, 0) is 0 Å². The zero-order valence-corrected chi connectivity index (χ0v) is 10.6. The van der Waals surface area contributed by atoms with Crippen molar-refractivity contribution in [2.24, 2.45) is 5.41 Å². The number of aliphatic hydroxyl groups excluding tert-OH is 1. The molecule has 2 atom stereocenters. The minimum Gasteiger partial charge on any atom is -0.478 e. The fourth-order valence-electron chi connectivity index (χ4n) is 2.16. The molecule has 0 spiro atoms. The van der Waals surface area contributed by atoms with E-state index in [0.717, 1.165) is 6.07 Å². The van der Waals surface area contributed by atoms with Gasteiger partial charge in [0.15, 0.2) is 11.6 Å². The summed E-state index contributed by atoms with van der Waals surface area (Å²) in [4.78, 5) is 10.7. The van der Waals surface area contributed by atoms with Crippen LogP contribution in [0.15, 0.2) is 12.1 Å². The lowest BCUT2D eigenvalue weighted by Crippen LogP contribution is -2.57. The first-order chi connectivity index (χ1) is 8.75. The molecule has 1 fully saturated rings. The summed E-state index contributed by atoms with van der Waals surface area (Å²) in [5.74, 6) is -4.10. The van der Waals surface area contributed by atoms with Gasteiger partial charge in [0.1, 0.15) is 0 Å². The Bertz CT molecular complexity index is 531. The van der Waals surface area contributed by atoms with Crippen LogP contribution in [0.5, 0.6) is 0 Å². The monoisotopic (exact) mass is 271 g/mol. The van der Waals surface area contributed by atoms with E-state index in [-0.39, 0.29) is 11.7 Å². The van der Waals surface area contributed by atoms with Crippen LogP contribution in [0.3, 0.4) is 0 Å². The van der Waals surface area contributed by atoms with Crippen LogP contribution < -0.4 is 5.32 Å². The number of aromatic carboxylic acids is 1. The second-order valence-corrected chi connectivity index (χ2v) is 5.36. The number of benzene rings is 1. The number of hydrogen-bond donors (Lipinski definition) is 3. The molecule has 0 amide bonds. The molecule has 1 aromatic carbocycles. The first-order valence-corrected chi connectivity index (χ1v) is 5.91. The summed E-state index contributed by atoms with van der Waals surface area (Å²) < 4.78 is 27.2. The topological polar surface area (TPSA) is 69.6 Å². The first kappa shape index (κ1) is 13.7. The molecular weight excluding hydrogens is 256 g/mol.